The summed E-state index contributed by atoms with van der Waals surface area (Å²) in [6, 6.07) is 6.94. The van der Waals surface area contributed by atoms with E-state index < -0.39 is 0 Å². The Morgan fingerprint density at radius 3 is 2.48 bits per heavy atom. The molecule has 0 bridgehead atoms. The third kappa shape index (κ3) is 5.37. The van der Waals surface area contributed by atoms with Crippen molar-refractivity contribution in [1.29, 1.82) is 0 Å². The standard InChI is InChI=1S/C22H32FNO/c1-24-14-4-7-20(16-24)22(25)19-6-3-2-5-17(8-11-19)15-18-9-12-21(23)13-10-18/h9-10,12-13,17,19-20H,2-8,11,14-16H2,1H3. The van der Waals surface area contributed by atoms with Gasteiger partial charge < -0.3 is 4.90 Å². The van der Waals surface area contributed by atoms with Crippen LogP contribution in [-0.4, -0.2) is 30.8 Å². The van der Waals surface area contributed by atoms with Crippen LogP contribution in [0, 0.1) is 23.6 Å². The highest BCUT2D eigenvalue weighted by molar-refractivity contribution is 5.83. The highest BCUT2D eigenvalue weighted by atomic mass is 19.1. The number of halogens is 1. The van der Waals surface area contributed by atoms with E-state index >= 15 is 0 Å². The second kappa shape index (κ2) is 8.93. The molecule has 0 amide bonds. The van der Waals surface area contributed by atoms with E-state index in [4.69, 9.17) is 0 Å². The minimum Gasteiger partial charge on any atom is -0.306 e. The van der Waals surface area contributed by atoms with Gasteiger partial charge in [-0.25, -0.2) is 4.39 Å². The number of piperidine rings is 1. The van der Waals surface area contributed by atoms with Crippen molar-refractivity contribution in [2.45, 2.75) is 57.8 Å². The number of Topliss-reactive ketones (excluding diaryl/α,β-unsaturated/α-hetero) is 1. The Kier molecular flexibility index (Phi) is 6.63. The Bertz CT molecular complexity index is 556. The van der Waals surface area contributed by atoms with E-state index in [9.17, 15) is 9.18 Å². The minimum absolute atomic E-state index is 0.162. The lowest BCUT2D eigenvalue weighted by atomic mass is 9.77. The first-order chi connectivity index (χ1) is 12.1. The van der Waals surface area contributed by atoms with Crippen molar-refractivity contribution in [1.82, 2.24) is 4.90 Å². The first-order valence-electron chi connectivity index (χ1n) is 10.1. The normalized spacial score (nSPS) is 29.0. The van der Waals surface area contributed by atoms with Crippen molar-refractivity contribution >= 4 is 5.78 Å². The van der Waals surface area contributed by atoms with E-state index in [2.05, 4.69) is 11.9 Å². The van der Waals surface area contributed by atoms with Gasteiger partial charge in [-0.1, -0.05) is 31.4 Å². The summed E-state index contributed by atoms with van der Waals surface area (Å²) in [5, 5.41) is 0. The molecule has 2 nitrogen and oxygen atoms in total. The number of rotatable bonds is 4. The van der Waals surface area contributed by atoms with Crippen LogP contribution in [0.3, 0.4) is 0 Å². The summed E-state index contributed by atoms with van der Waals surface area (Å²) < 4.78 is 13.1. The van der Waals surface area contributed by atoms with Gasteiger partial charge in [-0.3, -0.25) is 4.79 Å². The van der Waals surface area contributed by atoms with E-state index in [0.717, 1.165) is 51.6 Å². The number of carbonyl (C=O) groups is 1. The number of nitrogens with zero attached hydrogens (tertiary/aromatic N) is 1. The summed E-state index contributed by atoms with van der Waals surface area (Å²) in [6.07, 6.45) is 10.2. The zero-order valence-corrected chi connectivity index (χ0v) is 15.6. The van der Waals surface area contributed by atoms with Crippen LogP contribution in [0.5, 0.6) is 0 Å². The fourth-order valence-corrected chi connectivity index (χ4v) is 4.72. The second-order valence-corrected chi connectivity index (χ2v) is 8.26. The van der Waals surface area contributed by atoms with Crippen LogP contribution in [0.2, 0.25) is 0 Å². The number of carbonyl (C=O) groups excluding carboxylic acids is 1. The molecule has 3 rings (SSSR count). The molecule has 0 N–H and O–H groups in total. The third-order valence-electron chi connectivity index (χ3n) is 6.21. The zero-order chi connectivity index (χ0) is 17.6. The summed E-state index contributed by atoms with van der Waals surface area (Å²) >= 11 is 0. The van der Waals surface area contributed by atoms with Crippen LogP contribution in [0.25, 0.3) is 0 Å². The highest BCUT2D eigenvalue weighted by Crippen LogP contribution is 2.32. The molecule has 1 heterocycles. The first-order valence-corrected chi connectivity index (χ1v) is 10.1. The van der Waals surface area contributed by atoms with Crippen molar-refractivity contribution in [3.63, 3.8) is 0 Å². The molecule has 1 aliphatic heterocycles. The van der Waals surface area contributed by atoms with Gasteiger partial charge in [0.15, 0.2) is 0 Å². The topological polar surface area (TPSA) is 20.3 Å². The van der Waals surface area contributed by atoms with Crippen LogP contribution in [0.4, 0.5) is 4.39 Å². The molecule has 3 heteroatoms. The van der Waals surface area contributed by atoms with Gasteiger partial charge in [0.25, 0.3) is 0 Å². The largest absolute Gasteiger partial charge is 0.306 e. The maximum atomic E-state index is 13.1. The van der Waals surface area contributed by atoms with Gasteiger partial charge in [-0.05, 0) is 75.7 Å². The maximum Gasteiger partial charge on any atom is 0.140 e. The third-order valence-corrected chi connectivity index (χ3v) is 6.21. The molecular weight excluding hydrogens is 313 g/mol. The molecule has 0 radical (unpaired) electrons. The molecule has 0 spiro atoms. The molecule has 3 unspecified atom stereocenters. The molecule has 1 aromatic carbocycles. The quantitative estimate of drug-likeness (QED) is 0.776. The molecule has 2 aliphatic rings. The number of likely N-dealkylation sites (tertiary alicyclic amines) is 1. The zero-order valence-electron chi connectivity index (χ0n) is 15.6. The minimum atomic E-state index is -0.162. The lowest BCUT2D eigenvalue weighted by Crippen LogP contribution is -2.38. The van der Waals surface area contributed by atoms with Gasteiger partial charge in [0, 0.05) is 18.4 Å². The van der Waals surface area contributed by atoms with E-state index in [1.165, 1.54) is 24.8 Å². The molecule has 25 heavy (non-hydrogen) atoms. The second-order valence-electron chi connectivity index (χ2n) is 8.26. The average Bonchev–Trinajstić information content (AvgIpc) is 2.59. The molecule has 1 aliphatic carbocycles. The van der Waals surface area contributed by atoms with Crippen molar-refractivity contribution in [2.75, 3.05) is 20.1 Å². The maximum absolute atomic E-state index is 13.1. The number of hydrogen-bond acceptors (Lipinski definition) is 2. The summed E-state index contributed by atoms with van der Waals surface area (Å²) in [6.45, 7) is 2.09. The Morgan fingerprint density at radius 1 is 1.00 bits per heavy atom. The van der Waals surface area contributed by atoms with Crippen LogP contribution in [-0.2, 0) is 11.2 Å². The first kappa shape index (κ1) is 18.6. The fraction of sp³-hybridized carbons (Fsp3) is 0.682. The molecule has 2 fully saturated rings. The predicted octanol–water partition coefficient (Wildman–Crippen LogP) is 4.87. The molecule has 1 aromatic rings. The molecule has 3 atom stereocenters. The smallest absolute Gasteiger partial charge is 0.140 e. The van der Waals surface area contributed by atoms with Gasteiger partial charge in [0.1, 0.15) is 11.6 Å². The van der Waals surface area contributed by atoms with Crippen molar-refractivity contribution in [3.8, 4) is 0 Å². The summed E-state index contributed by atoms with van der Waals surface area (Å²) in [5.41, 5.74) is 1.23. The molecule has 138 valence electrons. The summed E-state index contributed by atoms with van der Waals surface area (Å²) in [5.74, 6) is 1.54. The Labute approximate surface area is 151 Å². The van der Waals surface area contributed by atoms with Gasteiger partial charge in [-0.2, -0.15) is 0 Å². The van der Waals surface area contributed by atoms with Crippen molar-refractivity contribution in [2.24, 2.45) is 17.8 Å². The predicted molar refractivity (Wildman–Crippen MR) is 100 cm³/mol. The highest BCUT2D eigenvalue weighted by Gasteiger charge is 2.30. The van der Waals surface area contributed by atoms with Crippen LogP contribution in [0.15, 0.2) is 24.3 Å². The summed E-state index contributed by atoms with van der Waals surface area (Å²) in [7, 11) is 2.14. The molecule has 1 saturated carbocycles. The van der Waals surface area contributed by atoms with Crippen LogP contribution >= 0.6 is 0 Å². The fourth-order valence-electron chi connectivity index (χ4n) is 4.72. The average molecular weight is 346 g/mol. The van der Waals surface area contributed by atoms with Gasteiger partial charge in [0.05, 0.1) is 0 Å². The molecular formula is C22H32FNO. The van der Waals surface area contributed by atoms with Gasteiger partial charge >= 0.3 is 0 Å². The Balaban J connectivity index is 1.55. The summed E-state index contributed by atoms with van der Waals surface area (Å²) in [4.78, 5) is 15.3. The Morgan fingerprint density at radius 2 is 1.72 bits per heavy atom. The van der Waals surface area contributed by atoms with E-state index in [1.54, 1.807) is 12.1 Å². The lowest BCUT2D eigenvalue weighted by molar-refractivity contribution is -0.129. The van der Waals surface area contributed by atoms with Crippen molar-refractivity contribution < 1.29 is 9.18 Å². The van der Waals surface area contributed by atoms with E-state index in [0.29, 0.717) is 11.7 Å². The lowest BCUT2D eigenvalue weighted by Gasteiger charge is -2.32. The molecule has 1 saturated heterocycles. The van der Waals surface area contributed by atoms with Gasteiger partial charge in [0.2, 0.25) is 0 Å². The monoisotopic (exact) mass is 345 g/mol. The van der Waals surface area contributed by atoms with E-state index in [-0.39, 0.29) is 17.7 Å². The number of benzene rings is 1. The van der Waals surface area contributed by atoms with Crippen LogP contribution < -0.4 is 0 Å². The SMILES string of the molecule is CN1CCCC(C(=O)C2CCCCC(Cc3ccc(F)cc3)CC2)C1. The van der Waals surface area contributed by atoms with Crippen molar-refractivity contribution in [3.05, 3.63) is 35.6 Å². The number of hydrogen-bond donors (Lipinski definition) is 0. The Hall–Kier alpha value is -1.22. The number of ketones is 1. The van der Waals surface area contributed by atoms with Gasteiger partial charge in [-0.15, -0.1) is 0 Å². The molecule has 0 aromatic heterocycles. The van der Waals surface area contributed by atoms with E-state index in [1.807, 2.05) is 12.1 Å². The van der Waals surface area contributed by atoms with Crippen LogP contribution in [0.1, 0.15) is 56.9 Å².